The summed E-state index contributed by atoms with van der Waals surface area (Å²) in [4.78, 5) is 1.23. The number of hydrogen-bond acceptors (Lipinski definition) is 4. The predicted octanol–water partition coefficient (Wildman–Crippen LogP) is 4.10. The van der Waals surface area contributed by atoms with E-state index in [1.165, 1.54) is 4.88 Å². The number of rotatable bonds is 7. The monoisotopic (exact) mass is 311 g/mol. The molecular formula is C15H18ClNO2S. The summed E-state index contributed by atoms with van der Waals surface area (Å²) in [6.45, 7) is 4.18. The van der Waals surface area contributed by atoms with Crippen LogP contribution in [-0.2, 0) is 13.1 Å². The van der Waals surface area contributed by atoms with E-state index in [4.69, 9.17) is 21.1 Å². The van der Waals surface area contributed by atoms with Crippen molar-refractivity contribution in [3.63, 3.8) is 0 Å². The van der Waals surface area contributed by atoms with E-state index >= 15 is 0 Å². The maximum atomic E-state index is 5.90. The van der Waals surface area contributed by atoms with E-state index in [1.54, 1.807) is 18.4 Å². The van der Waals surface area contributed by atoms with Gasteiger partial charge in [0.1, 0.15) is 0 Å². The molecule has 20 heavy (non-hydrogen) atoms. The fourth-order valence-electron chi connectivity index (χ4n) is 1.87. The second-order valence-electron chi connectivity index (χ2n) is 4.23. The summed E-state index contributed by atoms with van der Waals surface area (Å²) in [6, 6.07) is 9.95. The molecule has 0 unspecified atom stereocenters. The Morgan fingerprint density at radius 3 is 2.65 bits per heavy atom. The van der Waals surface area contributed by atoms with Gasteiger partial charge >= 0.3 is 0 Å². The van der Waals surface area contributed by atoms with Gasteiger partial charge in [0.25, 0.3) is 0 Å². The van der Waals surface area contributed by atoms with E-state index in [9.17, 15) is 0 Å². The molecule has 1 aromatic heterocycles. The van der Waals surface area contributed by atoms with Crippen LogP contribution in [0.25, 0.3) is 0 Å². The zero-order valence-electron chi connectivity index (χ0n) is 11.6. The zero-order valence-corrected chi connectivity index (χ0v) is 13.2. The topological polar surface area (TPSA) is 30.5 Å². The van der Waals surface area contributed by atoms with Gasteiger partial charge in [-0.2, -0.15) is 0 Å². The molecule has 0 saturated carbocycles. The minimum Gasteiger partial charge on any atom is -0.493 e. The molecule has 0 radical (unpaired) electrons. The molecule has 5 heteroatoms. The van der Waals surface area contributed by atoms with E-state index < -0.39 is 0 Å². The van der Waals surface area contributed by atoms with Crippen molar-refractivity contribution in [3.05, 3.63) is 45.1 Å². The van der Waals surface area contributed by atoms with Crippen molar-refractivity contribution < 1.29 is 9.47 Å². The Morgan fingerprint density at radius 2 is 2.00 bits per heavy atom. The van der Waals surface area contributed by atoms with Crippen LogP contribution in [0.4, 0.5) is 0 Å². The van der Waals surface area contributed by atoms with Gasteiger partial charge in [-0.05, 0) is 36.8 Å². The van der Waals surface area contributed by atoms with Gasteiger partial charge in [0, 0.05) is 18.0 Å². The van der Waals surface area contributed by atoms with Gasteiger partial charge in [0.15, 0.2) is 11.5 Å². The highest BCUT2D eigenvalue weighted by Gasteiger charge is 2.05. The average molecular weight is 312 g/mol. The Bertz CT molecular complexity index is 557. The minimum atomic E-state index is 0.632. The van der Waals surface area contributed by atoms with Crippen molar-refractivity contribution >= 4 is 22.9 Å². The highest BCUT2D eigenvalue weighted by Crippen LogP contribution is 2.28. The van der Waals surface area contributed by atoms with Gasteiger partial charge in [-0.3, -0.25) is 0 Å². The van der Waals surface area contributed by atoms with Crippen LogP contribution in [0.15, 0.2) is 30.3 Å². The summed E-state index contributed by atoms with van der Waals surface area (Å²) < 4.78 is 11.7. The number of ether oxygens (including phenoxy) is 2. The van der Waals surface area contributed by atoms with E-state index in [-0.39, 0.29) is 0 Å². The van der Waals surface area contributed by atoms with Crippen LogP contribution in [0.1, 0.15) is 17.4 Å². The van der Waals surface area contributed by atoms with Crippen LogP contribution in [-0.4, -0.2) is 13.7 Å². The van der Waals surface area contributed by atoms with E-state index in [0.29, 0.717) is 6.61 Å². The summed E-state index contributed by atoms with van der Waals surface area (Å²) >= 11 is 7.50. The Kier molecular flexibility index (Phi) is 5.71. The first-order valence-electron chi connectivity index (χ1n) is 6.47. The SMILES string of the molecule is CCOc1ccc(CNCc2ccc(Cl)s2)cc1OC. The number of thiophene rings is 1. The Balaban J connectivity index is 1.92. The highest BCUT2D eigenvalue weighted by molar-refractivity contribution is 7.16. The molecule has 0 aliphatic heterocycles. The molecule has 108 valence electrons. The summed E-state index contributed by atoms with van der Waals surface area (Å²) in [5, 5.41) is 3.39. The summed E-state index contributed by atoms with van der Waals surface area (Å²) in [6.07, 6.45) is 0. The lowest BCUT2D eigenvalue weighted by Crippen LogP contribution is -2.11. The normalized spacial score (nSPS) is 10.6. The van der Waals surface area contributed by atoms with Gasteiger partial charge in [0.2, 0.25) is 0 Å². The maximum Gasteiger partial charge on any atom is 0.161 e. The molecule has 1 aromatic carbocycles. The third-order valence-corrected chi connectivity index (χ3v) is 4.02. The molecule has 0 bridgehead atoms. The third kappa shape index (κ3) is 4.13. The van der Waals surface area contributed by atoms with Crippen molar-refractivity contribution in [1.82, 2.24) is 5.32 Å². The molecule has 2 rings (SSSR count). The standard InChI is InChI=1S/C15H18ClNO2S/c1-3-19-13-6-4-11(8-14(13)18-2)9-17-10-12-5-7-15(16)20-12/h4-8,17H,3,9-10H2,1-2H3. The van der Waals surface area contributed by atoms with Gasteiger partial charge in [0.05, 0.1) is 18.1 Å². The quantitative estimate of drug-likeness (QED) is 0.835. The van der Waals surface area contributed by atoms with Gasteiger partial charge in [-0.1, -0.05) is 17.7 Å². The van der Waals surface area contributed by atoms with Crippen LogP contribution in [0.5, 0.6) is 11.5 Å². The number of benzene rings is 1. The first-order chi connectivity index (χ1) is 9.72. The summed E-state index contributed by atoms with van der Waals surface area (Å²) in [5.41, 5.74) is 1.16. The second-order valence-corrected chi connectivity index (χ2v) is 6.03. The fraction of sp³-hybridized carbons (Fsp3) is 0.333. The average Bonchev–Trinajstić information content (AvgIpc) is 2.86. The zero-order chi connectivity index (χ0) is 14.4. The molecule has 0 atom stereocenters. The Morgan fingerprint density at radius 1 is 1.15 bits per heavy atom. The van der Waals surface area contributed by atoms with Crippen molar-refractivity contribution in [1.29, 1.82) is 0 Å². The number of hydrogen-bond donors (Lipinski definition) is 1. The molecule has 0 amide bonds. The molecule has 0 spiro atoms. The van der Waals surface area contributed by atoms with Gasteiger partial charge < -0.3 is 14.8 Å². The van der Waals surface area contributed by atoms with Crippen LogP contribution in [0.3, 0.4) is 0 Å². The Labute approximate surface area is 128 Å². The van der Waals surface area contributed by atoms with Crippen LogP contribution in [0, 0.1) is 0 Å². The molecular weight excluding hydrogens is 294 g/mol. The van der Waals surface area contributed by atoms with Gasteiger partial charge in [-0.15, -0.1) is 11.3 Å². The summed E-state index contributed by atoms with van der Waals surface area (Å²) in [5.74, 6) is 1.55. The van der Waals surface area contributed by atoms with Crippen molar-refractivity contribution in [2.24, 2.45) is 0 Å². The third-order valence-electron chi connectivity index (χ3n) is 2.79. The van der Waals surface area contributed by atoms with Crippen molar-refractivity contribution in [3.8, 4) is 11.5 Å². The molecule has 0 aliphatic rings. The second kappa shape index (κ2) is 7.53. The molecule has 1 N–H and O–H groups in total. The largest absolute Gasteiger partial charge is 0.493 e. The first-order valence-corrected chi connectivity index (χ1v) is 7.67. The maximum absolute atomic E-state index is 5.90. The number of halogens is 1. The Hall–Kier alpha value is -1.23. The van der Waals surface area contributed by atoms with E-state index in [0.717, 1.165) is 34.5 Å². The molecule has 3 nitrogen and oxygen atoms in total. The number of nitrogens with one attached hydrogen (secondary N) is 1. The van der Waals surface area contributed by atoms with Crippen LogP contribution in [0.2, 0.25) is 4.34 Å². The lowest BCUT2D eigenvalue weighted by molar-refractivity contribution is 0.310. The van der Waals surface area contributed by atoms with Gasteiger partial charge in [-0.25, -0.2) is 0 Å². The van der Waals surface area contributed by atoms with E-state index in [1.807, 2.05) is 37.3 Å². The van der Waals surface area contributed by atoms with Crippen LogP contribution >= 0.6 is 22.9 Å². The van der Waals surface area contributed by atoms with E-state index in [2.05, 4.69) is 5.32 Å². The molecule has 1 heterocycles. The number of methoxy groups -OCH3 is 1. The first kappa shape index (κ1) is 15.2. The smallest absolute Gasteiger partial charge is 0.161 e. The van der Waals surface area contributed by atoms with Crippen LogP contribution < -0.4 is 14.8 Å². The molecule has 0 saturated heterocycles. The summed E-state index contributed by atoms with van der Waals surface area (Å²) in [7, 11) is 1.66. The molecule has 0 aliphatic carbocycles. The van der Waals surface area contributed by atoms with Crippen molar-refractivity contribution in [2.45, 2.75) is 20.0 Å². The lowest BCUT2D eigenvalue weighted by Gasteiger charge is -2.11. The predicted molar refractivity (Wildman–Crippen MR) is 84.0 cm³/mol. The van der Waals surface area contributed by atoms with Crippen molar-refractivity contribution in [2.75, 3.05) is 13.7 Å². The molecule has 0 fully saturated rings. The molecule has 2 aromatic rings. The minimum absolute atomic E-state index is 0.632. The highest BCUT2D eigenvalue weighted by atomic mass is 35.5. The fourth-order valence-corrected chi connectivity index (χ4v) is 2.93. The lowest BCUT2D eigenvalue weighted by atomic mass is 10.2.